The number of nitrogens with zero attached hydrogens (tertiary/aromatic N) is 5. The standard InChI is InChI=1S/C48H35N5/c1-30-28-31(2)44(32(3)29-30)53-41-21-13-11-19-39(41)43-42(53)27-26-38-37-18-10-12-20-40(37)52(45(38)43)36-24-22-35(23-25-36)48-50-46(33-14-6-4-7-15-33)49-47(51-48)34-16-8-5-9-17-34/h4-29H,1-3H3. The minimum absolute atomic E-state index is 0.640. The summed E-state index contributed by atoms with van der Waals surface area (Å²) in [6, 6.07) is 55.7. The van der Waals surface area contributed by atoms with Crippen LogP contribution in [0, 0.1) is 20.8 Å². The molecule has 0 N–H and O–H groups in total. The van der Waals surface area contributed by atoms with Gasteiger partial charge in [0.15, 0.2) is 17.5 Å². The second kappa shape index (κ2) is 12.1. The molecule has 0 aliphatic rings. The van der Waals surface area contributed by atoms with Crippen LogP contribution in [0.4, 0.5) is 0 Å². The van der Waals surface area contributed by atoms with Crippen molar-refractivity contribution < 1.29 is 0 Å². The highest BCUT2D eigenvalue weighted by Crippen LogP contribution is 2.43. The molecule has 0 radical (unpaired) electrons. The third-order valence-corrected chi connectivity index (χ3v) is 10.4. The molecule has 0 aliphatic heterocycles. The molecule has 10 aromatic rings. The minimum Gasteiger partial charge on any atom is -0.309 e. The van der Waals surface area contributed by atoms with Crippen LogP contribution in [0.5, 0.6) is 0 Å². The average Bonchev–Trinajstić information content (AvgIpc) is 3.71. The van der Waals surface area contributed by atoms with Gasteiger partial charge >= 0.3 is 0 Å². The summed E-state index contributed by atoms with van der Waals surface area (Å²) >= 11 is 0. The maximum absolute atomic E-state index is 4.99. The van der Waals surface area contributed by atoms with Crippen molar-refractivity contribution in [2.24, 2.45) is 0 Å². The molecular weight excluding hydrogens is 647 g/mol. The maximum Gasteiger partial charge on any atom is 0.164 e. The van der Waals surface area contributed by atoms with Gasteiger partial charge in [-0.3, -0.25) is 0 Å². The second-order valence-electron chi connectivity index (χ2n) is 13.9. The van der Waals surface area contributed by atoms with Crippen LogP contribution in [-0.4, -0.2) is 24.1 Å². The number of hydrogen-bond acceptors (Lipinski definition) is 3. The van der Waals surface area contributed by atoms with Crippen molar-refractivity contribution in [3.05, 3.63) is 174 Å². The Morgan fingerprint density at radius 1 is 0.396 bits per heavy atom. The second-order valence-corrected chi connectivity index (χ2v) is 13.9. The summed E-state index contributed by atoms with van der Waals surface area (Å²) in [6.07, 6.45) is 0. The van der Waals surface area contributed by atoms with E-state index in [1.807, 2.05) is 60.7 Å². The van der Waals surface area contributed by atoms with Crippen molar-refractivity contribution in [1.29, 1.82) is 0 Å². The van der Waals surface area contributed by atoms with Gasteiger partial charge in [-0.05, 0) is 74.4 Å². The molecule has 53 heavy (non-hydrogen) atoms. The molecule has 0 saturated heterocycles. The summed E-state index contributed by atoms with van der Waals surface area (Å²) in [4.78, 5) is 14.9. The van der Waals surface area contributed by atoms with Crippen LogP contribution < -0.4 is 0 Å². The molecule has 0 atom stereocenters. The Morgan fingerprint density at radius 2 is 0.887 bits per heavy atom. The van der Waals surface area contributed by atoms with Crippen LogP contribution in [-0.2, 0) is 0 Å². The van der Waals surface area contributed by atoms with E-state index in [0.717, 1.165) is 22.4 Å². The molecule has 5 heteroatoms. The molecule has 10 rings (SSSR count). The monoisotopic (exact) mass is 681 g/mol. The predicted molar refractivity (Wildman–Crippen MR) is 219 cm³/mol. The molecule has 0 aliphatic carbocycles. The Hall–Kier alpha value is -6.85. The molecule has 252 valence electrons. The molecule has 0 bridgehead atoms. The third-order valence-electron chi connectivity index (χ3n) is 10.4. The number of aromatic nitrogens is 5. The van der Waals surface area contributed by atoms with Crippen LogP contribution in [0.3, 0.4) is 0 Å². The first-order valence-electron chi connectivity index (χ1n) is 18.0. The topological polar surface area (TPSA) is 48.5 Å². The highest BCUT2D eigenvalue weighted by molar-refractivity contribution is 6.26. The Kier molecular flexibility index (Phi) is 7.08. The van der Waals surface area contributed by atoms with Crippen LogP contribution >= 0.6 is 0 Å². The highest BCUT2D eigenvalue weighted by Gasteiger charge is 2.22. The van der Waals surface area contributed by atoms with Gasteiger partial charge in [0.05, 0.1) is 27.8 Å². The summed E-state index contributed by atoms with van der Waals surface area (Å²) in [6.45, 7) is 6.63. The number of para-hydroxylation sites is 2. The molecule has 5 nitrogen and oxygen atoms in total. The fourth-order valence-corrected chi connectivity index (χ4v) is 8.24. The van der Waals surface area contributed by atoms with E-state index < -0.39 is 0 Å². The third kappa shape index (κ3) is 4.96. The number of hydrogen-bond donors (Lipinski definition) is 0. The van der Waals surface area contributed by atoms with Gasteiger partial charge in [0.1, 0.15) is 0 Å². The zero-order valence-corrected chi connectivity index (χ0v) is 29.7. The zero-order valence-electron chi connectivity index (χ0n) is 29.7. The molecule has 3 heterocycles. The lowest BCUT2D eigenvalue weighted by molar-refractivity contribution is 1.07. The molecule has 0 saturated carbocycles. The van der Waals surface area contributed by atoms with Gasteiger partial charge in [-0.25, -0.2) is 15.0 Å². The normalized spacial score (nSPS) is 11.7. The van der Waals surface area contributed by atoms with Gasteiger partial charge in [-0.2, -0.15) is 0 Å². The van der Waals surface area contributed by atoms with Crippen LogP contribution in [0.15, 0.2) is 158 Å². The molecule has 0 unspecified atom stereocenters. The molecule has 7 aromatic carbocycles. The fourth-order valence-electron chi connectivity index (χ4n) is 8.24. The first-order valence-corrected chi connectivity index (χ1v) is 18.0. The first-order chi connectivity index (χ1) is 26.0. The summed E-state index contributed by atoms with van der Waals surface area (Å²) in [5.41, 5.74) is 13.7. The highest BCUT2D eigenvalue weighted by atomic mass is 15.0. The van der Waals surface area contributed by atoms with Gasteiger partial charge in [0, 0.05) is 43.9 Å². The Labute approximate surface area is 307 Å². The van der Waals surface area contributed by atoms with Gasteiger partial charge < -0.3 is 9.13 Å². The lowest BCUT2D eigenvalue weighted by Gasteiger charge is -2.15. The van der Waals surface area contributed by atoms with Gasteiger partial charge in [0.25, 0.3) is 0 Å². The van der Waals surface area contributed by atoms with E-state index in [0.29, 0.717) is 17.5 Å². The summed E-state index contributed by atoms with van der Waals surface area (Å²) in [5.74, 6) is 1.94. The summed E-state index contributed by atoms with van der Waals surface area (Å²) in [5, 5.41) is 4.94. The van der Waals surface area contributed by atoms with Gasteiger partial charge in [-0.15, -0.1) is 0 Å². The zero-order chi connectivity index (χ0) is 35.6. The lowest BCUT2D eigenvalue weighted by atomic mass is 10.0. The number of rotatable bonds is 5. The molecule has 0 fully saturated rings. The molecule has 3 aromatic heterocycles. The Morgan fingerprint density at radius 3 is 1.47 bits per heavy atom. The largest absolute Gasteiger partial charge is 0.309 e. The SMILES string of the molecule is Cc1cc(C)c(-n2c3ccccc3c3c2ccc2c4ccccc4n(-c4ccc(-c5nc(-c6ccccc6)nc(-c6ccccc6)n5)cc4)c23)c(C)c1. The van der Waals surface area contributed by atoms with Crippen molar-refractivity contribution >= 4 is 43.6 Å². The van der Waals surface area contributed by atoms with Crippen LogP contribution in [0.1, 0.15) is 16.7 Å². The Bertz CT molecular complexity index is 2930. The van der Waals surface area contributed by atoms with E-state index in [9.17, 15) is 0 Å². The van der Waals surface area contributed by atoms with Crippen LogP contribution in [0.2, 0.25) is 0 Å². The average molecular weight is 682 g/mol. The van der Waals surface area contributed by atoms with Crippen molar-refractivity contribution in [2.75, 3.05) is 0 Å². The van der Waals surface area contributed by atoms with Crippen molar-refractivity contribution in [3.8, 4) is 45.5 Å². The van der Waals surface area contributed by atoms with Crippen LogP contribution in [0.25, 0.3) is 89.2 Å². The van der Waals surface area contributed by atoms with E-state index in [4.69, 9.17) is 15.0 Å². The van der Waals surface area contributed by atoms with E-state index in [1.54, 1.807) is 0 Å². The number of benzene rings is 7. The first kappa shape index (κ1) is 30.9. The number of fused-ring (bicyclic) bond motifs is 7. The van der Waals surface area contributed by atoms with E-state index in [-0.39, 0.29) is 0 Å². The predicted octanol–water partition coefficient (Wildman–Crippen LogP) is 12.0. The Balaban J connectivity index is 1.21. The molecule has 0 spiro atoms. The van der Waals surface area contributed by atoms with Crippen molar-refractivity contribution in [1.82, 2.24) is 24.1 Å². The maximum atomic E-state index is 4.99. The fraction of sp³-hybridized carbons (Fsp3) is 0.0625. The summed E-state index contributed by atoms with van der Waals surface area (Å²) < 4.78 is 4.90. The number of aryl methyl sites for hydroxylation is 3. The molecular formula is C48H35N5. The summed E-state index contributed by atoms with van der Waals surface area (Å²) in [7, 11) is 0. The van der Waals surface area contributed by atoms with Gasteiger partial charge in [0.2, 0.25) is 0 Å². The quantitative estimate of drug-likeness (QED) is 0.182. The lowest BCUT2D eigenvalue weighted by Crippen LogP contribution is -2.01. The van der Waals surface area contributed by atoms with E-state index >= 15 is 0 Å². The van der Waals surface area contributed by atoms with E-state index in [1.165, 1.54) is 66.0 Å². The van der Waals surface area contributed by atoms with Gasteiger partial charge in [-0.1, -0.05) is 121 Å². The smallest absolute Gasteiger partial charge is 0.164 e. The van der Waals surface area contributed by atoms with E-state index in [2.05, 4.69) is 127 Å². The molecule has 0 amide bonds. The minimum atomic E-state index is 0.640. The van der Waals surface area contributed by atoms with Crippen molar-refractivity contribution in [2.45, 2.75) is 20.8 Å². The van der Waals surface area contributed by atoms with Crippen molar-refractivity contribution in [3.63, 3.8) is 0 Å².